The second-order valence-electron chi connectivity index (χ2n) is 5.35. The van der Waals surface area contributed by atoms with Crippen LogP contribution in [0, 0.1) is 18.8 Å². The third-order valence-corrected chi connectivity index (χ3v) is 3.09. The Morgan fingerprint density at radius 1 is 1.24 bits per heavy atom. The molecular formula is C17H24N2O2. The molecule has 4 nitrogen and oxygen atoms in total. The number of rotatable bonds is 5. The predicted molar refractivity (Wildman–Crippen MR) is 85.3 cm³/mol. The number of aryl methyl sites for hydroxylation is 1. The van der Waals surface area contributed by atoms with Gasteiger partial charge in [0.2, 0.25) is 0 Å². The third kappa shape index (κ3) is 5.58. The first-order valence-corrected chi connectivity index (χ1v) is 7.06. The maximum absolute atomic E-state index is 12.6. The number of carbonyl (C=O) groups is 1. The minimum Gasteiger partial charge on any atom is -0.395 e. The Kier molecular flexibility index (Phi) is 6.93. The Hall–Kier alpha value is -1.83. The molecule has 0 aliphatic carbocycles. The van der Waals surface area contributed by atoms with Crippen molar-refractivity contribution in [3.8, 4) is 11.8 Å². The van der Waals surface area contributed by atoms with Gasteiger partial charge in [-0.05, 0) is 33.2 Å². The zero-order valence-corrected chi connectivity index (χ0v) is 13.3. The Bertz CT molecular complexity index is 541. The standard InChI is InChI=1S/C17H24N2O2/c1-14-8-9-15(7-5-6-12-20)16(13-14)17(21)19(4)11-10-18(2)3/h8-9,13,20H,6,10-12H2,1-4H3. The lowest BCUT2D eigenvalue weighted by Crippen LogP contribution is -2.33. The van der Waals surface area contributed by atoms with Gasteiger partial charge in [0.05, 0.1) is 12.2 Å². The fraction of sp³-hybridized carbons (Fsp3) is 0.471. The van der Waals surface area contributed by atoms with Gasteiger partial charge in [-0.3, -0.25) is 4.79 Å². The molecule has 0 spiro atoms. The van der Waals surface area contributed by atoms with Gasteiger partial charge in [-0.2, -0.15) is 0 Å². The molecule has 1 amide bonds. The van der Waals surface area contributed by atoms with Crippen molar-refractivity contribution in [1.29, 1.82) is 0 Å². The first kappa shape index (κ1) is 17.2. The second-order valence-corrected chi connectivity index (χ2v) is 5.35. The van der Waals surface area contributed by atoms with Crippen molar-refractivity contribution >= 4 is 5.91 Å². The minimum atomic E-state index is -0.0196. The molecule has 0 radical (unpaired) electrons. The molecule has 0 unspecified atom stereocenters. The van der Waals surface area contributed by atoms with Crippen LogP contribution < -0.4 is 0 Å². The SMILES string of the molecule is Cc1ccc(C#CCCO)c(C(=O)N(C)CCN(C)C)c1. The Morgan fingerprint density at radius 2 is 1.95 bits per heavy atom. The fourth-order valence-corrected chi connectivity index (χ4v) is 1.81. The van der Waals surface area contributed by atoms with E-state index in [0.717, 1.165) is 17.7 Å². The van der Waals surface area contributed by atoms with Gasteiger partial charge < -0.3 is 14.9 Å². The summed E-state index contributed by atoms with van der Waals surface area (Å²) in [6.07, 6.45) is 0.415. The zero-order valence-electron chi connectivity index (χ0n) is 13.3. The maximum atomic E-state index is 12.6. The van der Waals surface area contributed by atoms with Gasteiger partial charge in [0.15, 0.2) is 0 Å². The van der Waals surface area contributed by atoms with E-state index in [1.54, 1.807) is 11.9 Å². The summed E-state index contributed by atoms with van der Waals surface area (Å²) in [5.74, 6) is 5.83. The van der Waals surface area contributed by atoms with E-state index in [9.17, 15) is 4.79 Å². The van der Waals surface area contributed by atoms with Gasteiger partial charge in [0.25, 0.3) is 5.91 Å². The smallest absolute Gasteiger partial charge is 0.254 e. The number of hydrogen-bond acceptors (Lipinski definition) is 3. The average molecular weight is 288 g/mol. The first-order chi connectivity index (χ1) is 9.95. The van der Waals surface area contributed by atoms with E-state index in [0.29, 0.717) is 18.5 Å². The van der Waals surface area contributed by atoms with Gasteiger partial charge >= 0.3 is 0 Å². The molecule has 0 atom stereocenters. The molecule has 0 heterocycles. The van der Waals surface area contributed by atoms with Crippen LogP contribution in [0.4, 0.5) is 0 Å². The lowest BCUT2D eigenvalue weighted by molar-refractivity contribution is 0.0786. The van der Waals surface area contributed by atoms with E-state index in [2.05, 4.69) is 11.8 Å². The zero-order chi connectivity index (χ0) is 15.8. The van der Waals surface area contributed by atoms with Crippen molar-refractivity contribution in [1.82, 2.24) is 9.80 Å². The van der Waals surface area contributed by atoms with Crippen molar-refractivity contribution in [2.75, 3.05) is 40.8 Å². The highest BCUT2D eigenvalue weighted by molar-refractivity contribution is 5.96. The summed E-state index contributed by atoms with van der Waals surface area (Å²) in [7, 11) is 5.77. The van der Waals surface area contributed by atoms with E-state index in [1.165, 1.54) is 0 Å². The summed E-state index contributed by atoms with van der Waals surface area (Å²) in [5.41, 5.74) is 2.38. The number of aliphatic hydroxyl groups excluding tert-OH is 1. The highest BCUT2D eigenvalue weighted by atomic mass is 16.2. The largest absolute Gasteiger partial charge is 0.395 e. The normalized spacial score (nSPS) is 10.2. The van der Waals surface area contributed by atoms with Gasteiger partial charge in [-0.15, -0.1) is 0 Å². The molecule has 0 saturated heterocycles. The number of aliphatic hydroxyl groups is 1. The number of carbonyl (C=O) groups excluding carboxylic acids is 1. The highest BCUT2D eigenvalue weighted by Gasteiger charge is 2.15. The Balaban J connectivity index is 2.96. The van der Waals surface area contributed by atoms with Gasteiger partial charge in [0.1, 0.15) is 0 Å². The van der Waals surface area contributed by atoms with Crippen LogP contribution in [0.15, 0.2) is 18.2 Å². The molecule has 0 aliphatic heterocycles. The molecule has 1 aromatic carbocycles. The van der Waals surface area contributed by atoms with Gasteiger partial charge in [-0.1, -0.05) is 23.5 Å². The molecule has 21 heavy (non-hydrogen) atoms. The topological polar surface area (TPSA) is 43.8 Å². The quantitative estimate of drug-likeness (QED) is 0.832. The monoisotopic (exact) mass is 288 g/mol. The van der Waals surface area contributed by atoms with Crippen LogP contribution >= 0.6 is 0 Å². The van der Waals surface area contributed by atoms with Crippen molar-refractivity contribution < 1.29 is 9.90 Å². The maximum Gasteiger partial charge on any atom is 0.254 e. The molecule has 114 valence electrons. The minimum absolute atomic E-state index is 0.0196. The van der Waals surface area contributed by atoms with Crippen LogP contribution in [0.5, 0.6) is 0 Å². The molecule has 0 bridgehead atoms. The molecule has 0 aliphatic rings. The van der Waals surface area contributed by atoms with Crippen LogP contribution in [0.3, 0.4) is 0 Å². The van der Waals surface area contributed by atoms with E-state index in [4.69, 9.17) is 5.11 Å². The van der Waals surface area contributed by atoms with Gasteiger partial charge in [-0.25, -0.2) is 0 Å². The summed E-state index contributed by atoms with van der Waals surface area (Å²) in [4.78, 5) is 16.3. The van der Waals surface area contributed by atoms with Crippen LogP contribution in [0.2, 0.25) is 0 Å². The van der Waals surface area contributed by atoms with Crippen LogP contribution in [0.25, 0.3) is 0 Å². The second kappa shape index (κ2) is 8.46. The highest BCUT2D eigenvalue weighted by Crippen LogP contribution is 2.13. The average Bonchev–Trinajstić information content (AvgIpc) is 2.45. The summed E-state index contributed by atoms with van der Waals surface area (Å²) < 4.78 is 0. The molecule has 0 saturated carbocycles. The number of amides is 1. The number of hydrogen-bond donors (Lipinski definition) is 1. The van der Waals surface area contributed by atoms with Gasteiger partial charge in [0, 0.05) is 32.1 Å². The lowest BCUT2D eigenvalue weighted by Gasteiger charge is -2.20. The molecular weight excluding hydrogens is 264 g/mol. The molecule has 0 fully saturated rings. The molecule has 0 aromatic heterocycles. The van der Waals surface area contributed by atoms with Crippen molar-refractivity contribution in [2.24, 2.45) is 0 Å². The molecule has 1 N–H and O–H groups in total. The number of likely N-dealkylation sites (N-methyl/N-ethyl adjacent to an activating group) is 2. The van der Waals surface area contributed by atoms with Crippen LogP contribution in [-0.2, 0) is 0 Å². The summed E-state index contributed by atoms with van der Waals surface area (Å²) >= 11 is 0. The number of benzene rings is 1. The third-order valence-electron chi connectivity index (χ3n) is 3.09. The summed E-state index contributed by atoms with van der Waals surface area (Å²) in [5, 5.41) is 8.79. The van der Waals surface area contributed by atoms with E-state index in [-0.39, 0.29) is 12.5 Å². The predicted octanol–water partition coefficient (Wildman–Crippen LogP) is 1.36. The molecule has 1 aromatic rings. The van der Waals surface area contributed by atoms with Crippen LogP contribution in [-0.4, -0.2) is 61.7 Å². The van der Waals surface area contributed by atoms with Crippen molar-refractivity contribution in [3.63, 3.8) is 0 Å². The molecule has 4 heteroatoms. The summed E-state index contributed by atoms with van der Waals surface area (Å²) in [6, 6.07) is 5.68. The Morgan fingerprint density at radius 3 is 2.57 bits per heavy atom. The van der Waals surface area contributed by atoms with E-state index < -0.39 is 0 Å². The lowest BCUT2D eigenvalue weighted by atomic mass is 10.0. The first-order valence-electron chi connectivity index (χ1n) is 7.06. The van der Waals surface area contributed by atoms with Crippen molar-refractivity contribution in [2.45, 2.75) is 13.3 Å². The van der Waals surface area contributed by atoms with E-state index >= 15 is 0 Å². The van der Waals surface area contributed by atoms with E-state index in [1.807, 2.05) is 44.1 Å². The fourth-order valence-electron chi connectivity index (χ4n) is 1.81. The molecule has 1 rings (SSSR count). The van der Waals surface area contributed by atoms with Crippen LogP contribution in [0.1, 0.15) is 27.9 Å². The Labute approximate surface area is 127 Å². The number of nitrogens with zero attached hydrogens (tertiary/aromatic N) is 2. The van der Waals surface area contributed by atoms with Crippen molar-refractivity contribution in [3.05, 3.63) is 34.9 Å². The summed E-state index contributed by atoms with van der Waals surface area (Å²) in [6.45, 7) is 3.48.